The number of aliphatic hydroxyl groups excluding tert-OH is 1. The maximum atomic E-state index is 11.5. The molecule has 0 unspecified atom stereocenters. The van der Waals surface area contributed by atoms with Gasteiger partial charge in [-0.3, -0.25) is 9.59 Å². The van der Waals surface area contributed by atoms with E-state index >= 15 is 0 Å². The number of benzene rings is 1. The van der Waals surface area contributed by atoms with Gasteiger partial charge in [-0.1, -0.05) is 15.9 Å². The van der Waals surface area contributed by atoms with E-state index in [1.54, 1.807) is 24.3 Å². The molecule has 0 aliphatic carbocycles. The molecule has 0 spiro atoms. The summed E-state index contributed by atoms with van der Waals surface area (Å²) < 4.78 is 0.888. The van der Waals surface area contributed by atoms with Crippen LogP contribution in [0.25, 0.3) is 0 Å². The number of halogens is 1. The van der Waals surface area contributed by atoms with Crippen molar-refractivity contribution in [1.82, 2.24) is 4.90 Å². The minimum absolute atomic E-state index is 0.132. The summed E-state index contributed by atoms with van der Waals surface area (Å²) in [5, 5.41) is 11.1. The van der Waals surface area contributed by atoms with Crippen molar-refractivity contribution < 1.29 is 14.7 Å². The number of aliphatic hydroxyl groups is 1. The molecule has 2 N–H and O–H groups in total. The van der Waals surface area contributed by atoms with Crippen LogP contribution in [0.1, 0.15) is 0 Å². The van der Waals surface area contributed by atoms with Crippen molar-refractivity contribution in [2.75, 3.05) is 25.5 Å². The second-order valence-electron chi connectivity index (χ2n) is 3.41. The summed E-state index contributed by atoms with van der Waals surface area (Å²) >= 11 is 3.27. The Balaban J connectivity index is 2.60. The number of anilines is 1. The monoisotopic (exact) mass is 300 g/mol. The summed E-state index contributed by atoms with van der Waals surface area (Å²) in [7, 11) is 1.46. The van der Waals surface area contributed by atoms with E-state index in [-0.39, 0.29) is 13.2 Å². The van der Waals surface area contributed by atoms with E-state index in [0.717, 1.165) is 9.37 Å². The molecule has 92 valence electrons. The number of hydrogen-bond acceptors (Lipinski definition) is 3. The number of carbonyl (C=O) groups is 2. The normalized spacial score (nSPS) is 9.82. The quantitative estimate of drug-likeness (QED) is 0.813. The molecule has 1 aromatic rings. The lowest BCUT2D eigenvalue weighted by atomic mass is 10.3. The van der Waals surface area contributed by atoms with E-state index in [1.165, 1.54) is 7.05 Å². The zero-order chi connectivity index (χ0) is 12.8. The lowest BCUT2D eigenvalue weighted by molar-refractivity contribution is -0.142. The molecular formula is C11H13BrN2O3. The fourth-order valence-electron chi connectivity index (χ4n) is 1.14. The molecule has 1 rings (SSSR count). The van der Waals surface area contributed by atoms with Gasteiger partial charge in [-0.25, -0.2) is 0 Å². The van der Waals surface area contributed by atoms with Gasteiger partial charge in [-0.2, -0.15) is 0 Å². The van der Waals surface area contributed by atoms with Crippen LogP contribution in [0.15, 0.2) is 28.7 Å². The predicted molar refractivity (Wildman–Crippen MR) is 67.5 cm³/mol. The molecular weight excluding hydrogens is 288 g/mol. The fourth-order valence-corrected chi connectivity index (χ4v) is 1.41. The Kier molecular flexibility index (Phi) is 5.11. The second-order valence-corrected chi connectivity index (χ2v) is 4.33. The first-order valence-corrected chi connectivity index (χ1v) is 5.76. The first-order chi connectivity index (χ1) is 8.04. The minimum atomic E-state index is -0.719. The molecule has 5 nitrogen and oxygen atoms in total. The van der Waals surface area contributed by atoms with Gasteiger partial charge in [0.1, 0.15) is 0 Å². The Morgan fingerprint density at radius 3 is 2.47 bits per heavy atom. The molecule has 1 aromatic carbocycles. The van der Waals surface area contributed by atoms with Crippen molar-refractivity contribution >= 4 is 33.4 Å². The third-order valence-electron chi connectivity index (χ3n) is 2.08. The Bertz CT molecular complexity index is 406. The van der Waals surface area contributed by atoms with Crippen molar-refractivity contribution in [3.05, 3.63) is 28.7 Å². The topological polar surface area (TPSA) is 69.6 Å². The summed E-state index contributed by atoms with van der Waals surface area (Å²) in [5.74, 6) is -1.40. The van der Waals surface area contributed by atoms with Crippen LogP contribution < -0.4 is 5.32 Å². The highest BCUT2D eigenvalue weighted by Crippen LogP contribution is 2.13. The highest BCUT2D eigenvalue weighted by Gasteiger charge is 2.17. The van der Waals surface area contributed by atoms with Crippen molar-refractivity contribution in [3.8, 4) is 0 Å². The van der Waals surface area contributed by atoms with Gasteiger partial charge in [0.15, 0.2) is 0 Å². The van der Waals surface area contributed by atoms with Crippen molar-refractivity contribution in [2.45, 2.75) is 0 Å². The summed E-state index contributed by atoms with van der Waals surface area (Å²) in [5.41, 5.74) is 0.545. The van der Waals surface area contributed by atoms with Crippen molar-refractivity contribution in [2.24, 2.45) is 0 Å². The van der Waals surface area contributed by atoms with Crippen LogP contribution in [0.3, 0.4) is 0 Å². The third kappa shape index (κ3) is 4.16. The summed E-state index contributed by atoms with van der Waals surface area (Å²) in [6.07, 6.45) is 0. The maximum Gasteiger partial charge on any atom is 0.313 e. The maximum absolute atomic E-state index is 11.5. The largest absolute Gasteiger partial charge is 0.395 e. The molecule has 0 bridgehead atoms. The van der Waals surface area contributed by atoms with Crippen molar-refractivity contribution in [1.29, 1.82) is 0 Å². The number of rotatable bonds is 3. The standard InChI is InChI=1S/C11H13BrN2O3/c1-14(6-7-15)11(17)10(16)13-9-4-2-8(12)3-5-9/h2-5,15H,6-7H2,1H3,(H,13,16). The smallest absolute Gasteiger partial charge is 0.313 e. The van der Waals surface area contributed by atoms with Crippen LogP contribution in [0.2, 0.25) is 0 Å². The lowest BCUT2D eigenvalue weighted by Gasteiger charge is -2.14. The average Bonchev–Trinajstić information content (AvgIpc) is 2.31. The number of hydrogen-bond donors (Lipinski definition) is 2. The van der Waals surface area contributed by atoms with E-state index in [9.17, 15) is 9.59 Å². The van der Waals surface area contributed by atoms with E-state index in [4.69, 9.17) is 5.11 Å². The number of nitrogens with one attached hydrogen (secondary N) is 1. The first-order valence-electron chi connectivity index (χ1n) is 4.97. The highest BCUT2D eigenvalue weighted by atomic mass is 79.9. The number of carbonyl (C=O) groups excluding carboxylic acids is 2. The van der Waals surface area contributed by atoms with Gasteiger partial charge in [0.05, 0.1) is 6.61 Å². The average molecular weight is 301 g/mol. The SMILES string of the molecule is CN(CCO)C(=O)C(=O)Nc1ccc(Br)cc1. The van der Waals surface area contributed by atoms with Crippen LogP contribution in [0, 0.1) is 0 Å². The molecule has 0 atom stereocenters. The van der Waals surface area contributed by atoms with Gasteiger partial charge in [0, 0.05) is 23.8 Å². The van der Waals surface area contributed by atoms with Gasteiger partial charge in [-0.15, -0.1) is 0 Å². The van der Waals surface area contributed by atoms with Crippen LogP contribution >= 0.6 is 15.9 Å². The Hall–Kier alpha value is -1.40. The molecule has 0 radical (unpaired) electrons. The van der Waals surface area contributed by atoms with Gasteiger partial charge in [0.2, 0.25) is 0 Å². The van der Waals surface area contributed by atoms with Gasteiger partial charge in [-0.05, 0) is 24.3 Å². The lowest BCUT2D eigenvalue weighted by Crippen LogP contribution is -2.38. The second kappa shape index (κ2) is 6.36. The van der Waals surface area contributed by atoms with Gasteiger partial charge >= 0.3 is 11.8 Å². The minimum Gasteiger partial charge on any atom is -0.395 e. The van der Waals surface area contributed by atoms with E-state index < -0.39 is 11.8 Å². The summed E-state index contributed by atoms with van der Waals surface area (Å²) in [6, 6.07) is 6.89. The molecule has 0 aromatic heterocycles. The fraction of sp³-hybridized carbons (Fsp3) is 0.273. The zero-order valence-corrected chi connectivity index (χ0v) is 10.9. The molecule has 17 heavy (non-hydrogen) atoms. The van der Waals surface area contributed by atoms with E-state index in [2.05, 4.69) is 21.2 Å². The molecule has 0 aliphatic heterocycles. The van der Waals surface area contributed by atoms with Crippen LogP contribution in [0.4, 0.5) is 5.69 Å². The molecule has 0 saturated carbocycles. The highest BCUT2D eigenvalue weighted by molar-refractivity contribution is 9.10. The number of nitrogens with zero attached hydrogens (tertiary/aromatic N) is 1. The molecule has 0 heterocycles. The Morgan fingerprint density at radius 2 is 1.94 bits per heavy atom. The van der Waals surface area contributed by atoms with E-state index in [1.807, 2.05) is 0 Å². The molecule has 6 heteroatoms. The predicted octanol–water partition coefficient (Wildman–Crippen LogP) is 0.838. The summed E-state index contributed by atoms with van der Waals surface area (Å²) in [6.45, 7) is -0.0413. The van der Waals surface area contributed by atoms with Gasteiger partial charge in [0.25, 0.3) is 0 Å². The first kappa shape index (κ1) is 13.7. The molecule has 0 saturated heterocycles. The molecule has 0 aliphatic rings. The Labute approximate surface area is 108 Å². The third-order valence-corrected chi connectivity index (χ3v) is 2.61. The van der Waals surface area contributed by atoms with Crippen LogP contribution in [-0.4, -0.2) is 42.0 Å². The zero-order valence-electron chi connectivity index (χ0n) is 9.31. The van der Waals surface area contributed by atoms with Crippen LogP contribution in [0.5, 0.6) is 0 Å². The van der Waals surface area contributed by atoms with Gasteiger partial charge < -0.3 is 15.3 Å². The Morgan fingerprint density at radius 1 is 1.35 bits per heavy atom. The molecule has 0 fully saturated rings. The number of amides is 2. The number of likely N-dealkylation sites (N-methyl/N-ethyl adjacent to an activating group) is 1. The van der Waals surface area contributed by atoms with Crippen molar-refractivity contribution in [3.63, 3.8) is 0 Å². The van der Waals surface area contributed by atoms with E-state index in [0.29, 0.717) is 5.69 Å². The summed E-state index contributed by atoms with van der Waals surface area (Å²) in [4.78, 5) is 24.2. The van der Waals surface area contributed by atoms with Crippen LogP contribution in [-0.2, 0) is 9.59 Å². The molecule has 2 amide bonds.